The van der Waals surface area contributed by atoms with Gasteiger partial charge in [-0.05, 0) is 43.8 Å². The third-order valence-corrected chi connectivity index (χ3v) is 5.13. The topological polar surface area (TPSA) is 71.5 Å². The van der Waals surface area contributed by atoms with E-state index in [4.69, 9.17) is 21.0 Å². The summed E-state index contributed by atoms with van der Waals surface area (Å²) in [4.78, 5) is 15.8. The molecule has 0 aliphatic rings. The maximum Gasteiger partial charge on any atom is 0.306 e. The number of halogens is 2. The van der Waals surface area contributed by atoms with Crippen LogP contribution in [-0.2, 0) is 0 Å². The highest BCUT2D eigenvalue weighted by atomic mass is 35.5. The highest BCUT2D eigenvalue weighted by Crippen LogP contribution is 2.36. The average molecular weight is 443 g/mol. The van der Waals surface area contributed by atoms with Crippen molar-refractivity contribution in [1.29, 1.82) is 0 Å². The molecule has 0 atom stereocenters. The van der Waals surface area contributed by atoms with Crippen LogP contribution in [0.2, 0.25) is 5.02 Å². The van der Waals surface area contributed by atoms with E-state index in [9.17, 15) is 4.39 Å². The van der Waals surface area contributed by atoms with Crippen molar-refractivity contribution in [3.63, 3.8) is 0 Å². The number of anilines is 1. The molecule has 31 heavy (non-hydrogen) atoms. The molecule has 0 aliphatic carbocycles. The van der Waals surface area contributed by atoms with Crippen molar-refractivity contribution < 1.29 is 8.81 Å². The minimum atomic E-state index is -0.410. The van der Waals surface area contributed by atoms with Gasteiger partial charge in [-0.2, -0.15) is 4.98 Å². The first kappa shape index (κ1) is 21.3. The second-order valence-electron chi connectivity index (χ2n) is 8.51. The summed E-state index contributed by atoms with van der Waals surface area (Å²) < 4.78 is 20.8. The number of hydrogen-bond donors (Lipinski definition) is 1. The highest BCUT2D eigenvalue weighted by molar-refractivity contribution is 6.33. The van der Waals surface area contributed by atoms with Crippen molar-refractivity contribution in [3.05, 3.63) is 53.8 Å². The van der Waals surface area contributed by atoms with Crippen LogP contribution in [0.15, 0.2) is 47.3 Å². The quantitative estimate of drug-likeness (QED) is 0.441. The fourth-order valence-corrected chi connectivity index (χ4v) is 3.96. The minimum Gasteiger partial charge on any atom is -0.432 e. The van der Waals surface area contributed by atoms with Gasteiger partial charge in [0.05, 0.1) is 10.7 Å². The number of oxazole rings is 1. The van der Waals surface area contributed by atoms with Crippen LogP contribution in [0.25, 0.3) is 28.5 Å². The lowest BCUT2D eigenvalue weighted by atomic mass is 9.93. The number of aromatic nitrogens is 4. The van der Waals surface area contributed by atoms with E-state index in [0.717, 1.165) is 6.54 Å². The number of imidazole rings is 1. The fraction of sp³-hybridized carbons (Fsp3) is 0.318. The normalized spacial score (nSPS) is 12.1. The van der Waals surface area contributed by atoms with E-state index in [-0.39, 0.29) is 10.4 Å². The molecular formula is C22H24ClFN6O. The molecule has 4 rings (SSSR count). The molecule has 162 valence electrons. The molecule has 0 saturated carbocycles. The Morgan fingerprint density at radius 2 is 2.03 bits per heavy atom. The van der Waals surface area contributed by atoms with Crippen LogP contribution in [-0.4, -0.2) is 51.4 Å². The Morgan fingerprint density at radius 1 is 1.23 bits per heavy atom. The Morgan fingerprint density at radius 3 is 2.77 bits per heavy atom. The fourth-order valence-electron chi connectivity index (χ4n) is 3.71. The largest absolute Gasteiger partial charge is 0.432 e. The Balaban J connectivity index is 1.72. The monoisotopic (exact) mass is 442 g/mol. The molecule has 9 heteroatoms. The van der Waals surface area contributed by atoms with Gasteiger partial charge >= 0.3 is 5.84 Å². The molecule has 0 fully saturated rings. The molecule has 3 heterocycles. The van der Waals surface area contributed by atoms with Crippen LogP contribution in [0.1, 0.15) is 13.8 Å². The predicted molar refractivity (Wildman–Crippen MR) is 120 cm³/mol. The lowest BCUT2D eigenvalue weighted by Crippen LogP contribution is -2.34. The third-order valence-electron chi connectivity index (χ3n) is 4.82. The van der Waals surface area contributed by atoms with E-state index in [1.165, 1.54) is 12.1 Å². The maximum absolute atomic E-state index is 13.6. The molecule has 0 bridgehead atoms. The van der Waals surface area contributed by atoms with Crippen molar-refractivity contribution in [3.8, 4) is 22.6 Å². The summed E-state index contributed by atoms with van der Waals surface area (Å²) in [5, 5.41) is 3.60. The second-order valence-corrected chi connectivity index (χ2v) is 8.92. The van der Waals surface area contributed by atoms with E-state index in [0.29, 0.717) is 41.0 Å². The van der Waals surface area contributed by atoms with Gasteiger partial charge in [-0.3, -0.25) is 4.40 Å². The number of benzene rings is 1. The molecule has 0 spiro atoms. The van der Waals surface area contributed by atoms with Gasteiger partial charge in [-0.1, -0.05) is 25.4 Å². The Hall–Kier alpha value is -2.97. The summed E-state index contributed by atoms with van der Waals surface area (Å²) in [6.07, 6.45) is 5.00. The van der Waals surface area contributed by atoms with E-state index >= 15 is 0 Å². The second kappa shape index (κ2) is 8.28. The first-order chi connectivity index (χ1) is 14.7. The molecule has 1 N–H and O–H groups in total. The van der Waals surface area contributed by atoms with E-state index in [1.54, 1.807) is 35.2 Å². The summed E-state index contributed by atoms with van der Waals surface area (Å²) >= 11 is 6.32. The van der Waals surface area contributed by atoms with Crippen LogP contribution < -0.4 is 5.32 Å². The number of nitrogens with zero attached hydrogens (tertiary/aromatic N) is 5. The van der Waals surface area contributed by atoms with Gasteiger partial charge in [0.1, 0.15) is 23.5 Å². The minimum absolute atomic E-state index is 0.0318. The molecule has 0 unspecified atom stereocenters. The number of hydrogen-bond acceptors (Lipinski definition) is 6. The van der Waals surface area contributed by atoms with Crippen LogP contribution in [0.4, 0.5) is 10.3 Å². The van der Waals surface area contributed by atoms with Crippen LogP contribution in [0.5, 0.6) is 0 Å². The Bertz CT molecular complexity index is 1220. The van der Waals surface area contributed by atoms with E-state index in [1.807, 2.05) is 0 Å². The predicted octanol–water partition coefficient (Wildman–Crippen LogP) is 4.84. The molecule has 0 saturated heterocycles. The van der Waals surface area contributed by atoms with Gasteiger partial charge in [-0.25, -0.2) is 14.4 Å². The number of rotatable bonds is 7. The zero-order valence-electron chi connectivity index (χ0n) is 17.9. The van der Waals surface area contributed by atoms with Gasteiger partial charge in [-0.15, -0.1) is 0 Å². The first-order valence-electron chi connectivity index (χ1n) is 9.86. The molecule has 3 aromatic heterocycles. The third kappa shape index (κ3) is 4.55. The Kier molecular flexibility index (Phi) is 5.68. The zero-order chi connectivity index (χ0) is 22.2. The Labute approximate surface area is 184 Å². The lowest BCUT2D eigenvalue weighted by Gasteiger charge is -2.28. The summed E-state index contributed by atoms with van der Waals surface area (Å²) in [5.74, 6) is 0.497. The van der Waals surface area contributed by atoms with Crippen molar-refractivity contribution in [2.45, 2.75) is 13.8 Å². The zero-order valence-corrected chi connectivity index (χ0v) is 18.6. The highest BCUT2D eigenvalue weighted by Gasteiger charge is 2.22. The summed E-state index contributed by atoms with van der Waals surface area (Å²) in [6.45, 7) is 6.00. The number of nitrogens with one attached hydrogen (secondary N) is 1. The van der Waals surface area contributed by atoms with Crippen LogP contribution >= 0.6 is 11.6 Å². The molecule has 4 aromatic rings. The van der Waals surface area contributed by atoms with Gasteiger partial charge in [0.15, 0.2) is 0 Å². The van der Waals surface area contributed by atoms with E-state index in [2.05, 4.69) is 48.1 Å². The smallest absolute Gasteiger partial charge is 0.306 e. The van der Waals surface area contributed by atoms with Crippen LogP contribution in [0, 0.1) is 11.2 Å². The van der Waals surface area contributed by atoms with Crippen molar-refractivity contribution >= 4 is 23.4 Å². The van der Waals surface area contributed by atoms with Gasteiger partial charge in [0.2, 0.25) is 5.95 Å². The van der Waals surface area contributed by atoms with Gasteiger partial charge in [0.25, 0.3) is 0 Å². The van der Waals surface area contributed by atoms with Crippen molar-refractivity contribution in [1.82, 2.24) is 24.3 Å². The summed E-state index contributed by atoms with van der Waals surface area (Å²) in [6, 6.07) is 6.02. The molecule has 0 amide bonds. The van der Waals surface area contributed by atoms with Gasteiger partial charge in [0, 0.05) is 31.0 Å². The summed E-state index contributed by atoms with van der Waals surface area (Å²) in [5.41, 5.74) is 2.52. The molecule has 1 aromatic carbocycles. The standard InChI is InChI=1S/C22H24ClFN6O/c1-22(2,13-29(3)4)12-26-20-25-8-7-17(27-20)19-18(28-21-30(19)9-10-31-21)15-6-5-14(24)11-16(15)23/h5-11H,12-13H2,1-4H3,(H,25,26,27). The van der Waals surface area contributed by atoms with Crippen molar-refractivity contribution in [2.75, 3.05) is 32.5 Å². The average Bonchev–Trinajstić information content (AvgIpc) is 3.27. The lowest BCUT2D eigenvalue weighted by molar-refractivity contribution is 0.254. The molecule has 7 nitrogen and oxygen atoms in total. The molecular weight excluding hydrogens is 419 g/mol. The molecule has 0 aliphatic heterocycles. The SMILES string of the molecule is CN(C)CC(C)(C)CNc1nccc(-c2c(-c3ccc(F)cc3Cl)nc3occn23)n1. The first-order valence-corrected chi connectivity index (χ1v) is 10.2. The maximum atomic E-state index is 13.6. The number of fused-ring (bicyclic) bond motifs is 1. The molecule has 0 radical (unpaired) electrons. The summed E-state index contributed by atoms with van der Waals surface area (Å²) in [7, 11) is 4.10. The van der Waals surface area contributed by atoms with Crippen molar-refractivity contribution in [2.24, 2.45) is 5.41 Å². The van der Waals surface area contributed by atoms with Gasteiger partial charge < -0.3 is 14.6 Å². The van der Waals surface area contributed by atoms with Crippen LogP contribution in [0.3, 0.4) is 0 Å². The van der Waals surface area contributed by atoms with E-state index < -0.39 is 5.82 Å².